The van der Waals surface area contributed by atoms with Gasteiger partial charge in [-0.3, -0.25) is 9.48 Å². The molecule has 23 heavy (non-hydrogen) atoms. The number of rotatable bonds is 5. The number of carboxylic acids is 1. The van der Waals surface area contributed by atoms with E-state index >= 15 is 0 Å². The molecule has 1 aromatic heterocycles. The number of nitrogens with zero attached hydrogens (tertiary/aromatic N) is 2. The number of hydrogen-bond acceptors (Lipinski definition) is 4. The highest BCUT2D eigenvalue weighted by Gasteiger charge is 2.16. The SMILES string of the molecule is CC(C)(C)OC(=O)CCn1cc(-c2ccccc2C(=O)O)cn1. The first-order valence-corrected chi connectivity index (χ1v) is 7.33. The number of benzene rings is 1. The zero-order valence-electron chi connectivity index (χ0n) is 13.4. The molecule has 0 fully saturated rings. The molecule has 6 heteroatoms. The van der Waals surface area contributed by atoms with Gasteiger partial charge in [0.1, 0.15) is 5.60 Å². The zero-order valence-corrected chi connectivity index (χ0v) is 13.4. The lowest BCUT2D eigenvalue weighted by atomic mass is 10.0. The smallest absolute Gasteiger partial charge is 0.336 e. The van der Waals surface area contributed by atoms with E-state index in [1.165, 1.54) is 0 Å². The maximum Gasteiger partial charge on any atom is 0.336 e. The number of aromatic nitrogens is 2. The number of aromatic carboxylic acids is 1. The molecule has 1 aromatic carbocycles. The maximum absolute atomic E-state index is 11.7. The number of ether oxygens (including phenoxy) is 1. The van der Waals surface area contributed by atoms with Crippen LogP contribution in [0.2, 0.25) is 0 Å². The van der Waals surface area contributed by atoms with Crippen molar-refractivity contribution in [2.75, 3.05) is 0 Å². The van der Waals surface area contributed by atoms with Crippen molar-refractivity contribution in [1.82, 2.24) is 9.78 Å². The fourth-order valence-electron chi connectivity index (χ4n) is 2.14. The number of carbonyl (C=O) groups is 2. The lowest BCUT2D eigenvalue weighted by Crippen LogP contribution is -2.24. The lowest BCUT2D eigenvalue weighted by Gasteiger charge is -2.19. The molecule has 0 amide bonds. The van der Waals surface area contributed by atoms with E-state index in [1.807, 2.05) is 20.8 Å². The summed E-state index contributed by atoms with van der Waals surface area (Å²) in [5, 5.41) is 13.4. The predicted molar refractivity (Wildman–Crippen MR) is 85.1 cm³/mol. The Kier molecular flexibility index (Phi) is 4.83. The van der Waals surface area contributed by atoms with Crippen molar-refractivity contribution in [3.8, 4) is 11.1 Å². The van der Waals surface area contributed by atoms with Crippen LogP contribution in [0.25, 0.3) is 11.1 Å². The van der Waals surface area contributed by atoms with Gasteiger partial charge in [-0.05, 0) is 32.4 Å². The van der Waals surface area contributed by atoms with Crippen LogP contribution in [0.15, 0.2) is 36.7 Å². The lowest BCUT2D eigenvalue weighted by molar-refractivity contribution is -0.155. The first-order chi connectivity index (χ1) is 10.8. The Balaban J connectivity index is 2.07. The molecule has 0 aliphatic heterocycles. The summed E-state index contributed by atoms with van der Waals surface area (Å²) < 4.78 is 6.85. The molecule has 0 spiro atoms. The Hall–Kier alpha value is -2.63. The molecule has 0 saturated carbocycles. The zero-order chi connectivity index (χ0) is 17.0. The first kappa shape index (κ1) is 16.7. The molecule has 0 aliphatic carbocycles. The predicted octanol–water partition coefficient (Wildman–Crippen LogP) is 2.98. The molecule has 1 N–H and O–H groups in total. The molecule has 6 nitrogen and oxygen atoms in total. The van der Waals surface area contributed by atoms with E-state index in [2.05, 4.69) is 5.10 Å². The first-order valence-electron chi connectivity index (χ1n) is 7.33. The second kappa shape index (κ2) is 6.64. The quantitative estimate of drug-likeness (QED) is 0.858. The summed E-state index contributed by atoms with van der Waals surface area (Å²) in [6.07, 6.45) is 3.53. The summed E-state index contributed by atoms with van der Waals surface area (Å²) in [5.41, 5.74) is 1.02. The van der Waals surface area contributed by atoms with Crippen molar-refractivity contribution in [3.05, 3.63) is 42.2 Å². The van der Waals surface area contributed by atoms with Crippen LogP contribution in [0.3, 0.4) is 0 Å². The molecule has 2 aromatic rings. The molecule has 0 radical (unpaired) electrons. The number of aryl methyl sites for hydroxylation is 1. The van der Waals surface area contributed by atoms with E-state index < -0.39 is 11.6 Å². The molecule has 0 aliphatic rings. The van der Waals surface area contributed by atoms with Crippen molar-refractivity contribution < 1.29 is 19.4 Å². The van der Waals surface area contributed by atoms with Gasteiger partial charge in [-0.15, -0.1) is 0 Å². The van der Waals surface area contributed by atoms with E-state index in [-0.39, 0.29) is 18.0 Å². The second-order valence-electron chi connectivity index (χ2n) is 6.18. The van der Waals surface area contributed by atoms with E-state index in [4.69, 9.17) is 4.74 Å². The van der Waals surface area contributed by atoms with Crippen LogP contribution in [0.4, 0.5) is 0 Å². The molecule has 122 valence electrons. The molecule has 2 rings (SSSR count). The van der Waals surface area contributed by atoms with E-state index in [9.17, 15) is 14.7 Å². The average Bonchev–Trinajstić information content (AvgIpc) is 2.92. The summed E-state index contributed by atoms with van der Waals surface area (Å²) in [6.45, 7) is 5.84. The normalized spacial score (nSPS) is 11.3. The molecular formula is C17H20N2O4. The Morgan fingerprint density at radius 1 is 1.26 bits per heavy atom. The summed E-state index contributed by atoms with van der Waals surface area (Å²) in [5.74, 6) is -1.28. The van der Waals surface area contributed by atoms with Gasteiger partial charge in [-0.1, -0.05) is 18.2 Å². The molecule has 0 atom stereocenters. The molecule has 1 heterocycles. The van der Waals surface area contributed by atoms with Crippen LogP contribution < -0.4 is 0 Å². The van der Waals surface area contributed by atoms with E-state index in [0.717, 1.165) is 0 Å². The van der Waals surface area contributed by atoms with Gasteiger partial charge < -0.3 is 9.84 Å². The number of hydrogen-bond donors (Lipinski definition) is 1. The van der Waals surface area contributed by atoms with Gasteiger partial charge in [-0.2, -0.15) is 5.10 Å². The minimum absolute atomic E-state index is 0.207. The number of esters is 1. The second-order valence-corrected chi connectivity index (χ2v) is 6.18. The topological polar surface area (TPSA) is 81.4 Å². The average molecular weight is 316 g/mol. The van der Waals surface area contributed by atoms with Crippen LogP contribution in [0.1, 0.15) is 37.6 Å². The minimum atomic E-state index is -0.984. The van der Waals surface area contributed by atoms with Crippen molar-refractivity contribution >= 4 is 11.9 Å². The van der Waals surface area contributed by atoms with Gasteiger partial charge >= 0.3 is 11.9 Å². The third kappa shape index (κ3) is 4.67. The number of carbonyl (C=O) groups excluding carboxylic acids is 1. The van der Waals surface area contributed by atoms with Gasteiger partial charge in [0.05, 0.1) is 24.7 Å². The van der Waals surface area contributed by atoms with Crippen LogP contribution in [0.5, 0.6) is 0 Å². The standard InChI is InChI=1S/C17H20N2O4/c1-17(2,3)23-15(20)8-9-19-11-12(10-18-19)13-6-4-5-7-14(13)16(21)22/h4-7,10-11H,8-9H2,1-3H3,(H,21,22). The molecule has 0 unspecified atom stereocenters. The fraction of sp³-hybridized carbons (Fsp3) is 0.353. The summed E-state index contributed by atoms with van der Waals surface area (Å²) >= 11 is 0. The fourth-order valence-corrected chi connectivity index (χ4v) is 2.14. The molecule has 0 bridgehead atoms. The van der Waals surface area contributed by atoms with Crippen LogP contribution in [-0.4, -0.2) is 32.4 Å². The minimum Gasteiger partial charge on any atom is -0.478 e. The summed E-state index contributed by atoms with van der Waals surface area (Å²) in [4.78, 5) is 23.0. The van der Waals surface area contributed by atoms with Crippen LogP contribution in [0, 0.1) is 0 Å². The molecule has 0 saturated heterocycles. The molecular weight excluding hydrogens is 296 g/mol. The van der Waals surface area contributed by atoms with Crippen molar-refractivity contribution in [1.29, 1.82) is 0 Å². The Labute approximate surface area is 134 Å². The maximum atomic E-state index is 11.7. The summed E-state index contributed by atoms with van der Waals surface area (Å²) in [6, 6.07) is 6.74. The Morgan fingerprint density at radius 3 is 2.61 bits per heavy atom. The van der Waals surface area contributed by atoms with Crippen LogP contribution in [-0.2, 0) is 16.1 Å². The monoisotopic (exact) mass is 316 g/mol. The third-order valence-corrected chi connectivity index (χ3v) is 3.07. The van der Waals surface area contributed by atoms with Gasteiger partial charge in [0.15, 0.2) is 0 Å². The van der Waals surface area contributed by atoms with Crippen LogP contribution >= 0.6 is 0 Å². The highest BCUT2D eigenvalue weighted by Crippen LogP contribution is 2.23. The van der Waals surface area contributed by atoms with E-state index in [1.54, 1.807) is 41.3 Å². The Morgan fingerprint density at radius 2 is 1.96 bits per heavy atom. The van der Waals surface area contributed by atoms with Crippen molar-refractivity contribution in [3.63, 3.8) is 0 Å². The van der Waals surface area contributed by atoms with Crippen molar-refractivity contribution in [2.24, 2.45) is 0 Å². The van der Waals surface area contributed by atoms with E-state index in [0.29, 0.717) is 17.7 Å². The highest BCUT2D eigenvalue weighted by atomic mass is 16.6. The highest BCUT2D eigenvalue weighted by molar-refractivity contribution is 5.95. The Bertz CT molecular complexity index is 713. The number of carboxylic acid groups (broad SMARTS) is 1. The van der Waals surface area contributed by atoms with Gasteiger partial charge in [0, 0.05) is 11.8 Å². The summed E-state index contributed by atoms with van der Waals surface area (Å²) in [7, 11) is 0. The van der Waals surface area contributed by atoms with Gasteiger partial charge in [0.25, 0.3) is 0 Å². The van der Waals surface area contributed by atoms with Gasteiger partial charge in [-0.25, -0.2) is 4.79 Å². The third-order valence-electron chi connectivity index (χ3n) is 3.07. The largest absolute Gasteiger partial charge is 0.478 e. The van der Waals surface area contributed by atoms with Crippen molar-refractivity contribution in [2.45, 2.75) is 39.3 Å². The van der Waals surface area contributed by atoms with Gasteiger partial charge in [0.2, 0.25) is 0 Å².